The van der Waals surface area contributed by atoms with Crippen molar-refractivity contribution >= 4 is 11.4 Å². The fraction of sp³-hybridized carbons (Fsp3) is 0.514. The first kappa shape index (κ1) is 28.2. The lowest BCUT2D eigenvalue weighted by molar-refractivity contribution is -0.119. The van der Waals surface area contributed by atoms with Crippen molar-refractivity contribution in [1.82, 2.24) is 0 Å². The number of aliphatic hydroxyl groups excluding tert-OH is 1. The maximum absolute atomic E-state index is 12.8. The van der Waals surface area contributed by atoms with Crippen LogP contribution in [0.4, 0.5) is 0 Å². The van der Waals surface area contributed by atoms with E-state index in [1.807, 2.05) is 6.92 Å². The Morgan fingerprint density at radius 2 is 1.87 bits per heavy atom. The van der Waals surface area contributed by atoms with Crippen molar-refractivity contribution in [3.05, 3.63) is 75.6 Å². The van der Waals surface area contributed by atoms with Crippen LogP contribution < -0.4 is 0 Å². The van der Waals surface area contributed by atoms with Crippen molar-refractivity contribution < 1.29 is 15.0 Å². The third-order valence-corrected chi connectivity index (χ3v) is 9.67. The number of hydrogen-bond acceptors (Lipinski definition) is 3. The van der Waals surface area contributed by atoms with Crippen molar-refractivity contribution in [1.29, 1.82) is 0 Å². The van der Waals surface area contributed by atoms with Gasteiger partial charge in [-0.1, -0.05) is 72.1 Å². The first-order valence-corrected chi connectivity index (χ1v) is 14.1. The molecule has 38 heavy (non-hydrogen) atoms. The molecule has 0 spiro atoms. The lowest BCUT2D eigenvalue weighted by Gasteiger charge is -2.63. The average molecular weight is 513 g/mol. The molecule has 3 nitrogen and oxygen atoms in total. The van der Waals surface area contributed by atoms with Gasteiger partial charge in [-0.15, -0.1) is 0 Å². The summed E-state index contributed by atoms with van der Waals surface area (Å²) in [4.78, 5) is 12.8. The molecule has 0 heterocycles. The molecule has 0 unspecified atom stereocenters. The molecule has 3 heteroatoms. The zero-order chi connectivity index (χ0) is 28.4. The molecule has 0 saturated carbocycles. The summed E-state index contributed by atoms with van der Waals surface area (Å²) in [5, 5.41) is 24.2. The van der Waals surface area contributed by atoms with Crippen molar-refractivity contribution in [2.45, 2.75) is 93.1 Å². The molecule has 3 aliphatic rings. The molecule has 0 bridgehead atoms. The Morgan fingerprint density at radius 1 is 1.21 bits per heavy atom. The number of fused-ring (bicyclic) bond motifs is 3. The van der Waals surface area contributed by atoms with Crippen LogP contribution in [0.2, 0.25) is 0 Å². The lowest BCUT2D eigenvalue weighted by atomic mass is 9.42. The van der Waals surface area contributed by atoms with Gasteiger partial charge in [0.15, 0.2) is 5.78 Å². The first-order chi connectivity index (χ1) is 17.7. The normalized spacial score (nSPS) is 30.5. The Hall–Kier alpha value is -2.83. The lowest BCUT2D eigenvalue weighted by Crippen LogP contribution is -2.63. The number of benzene rings is 1. The topological polar surface area (TPSA) is 57.5 Å². The van der Waals surface area contributed by atoms with Crippen molar-refractivity contribution in [3.63, 3.8) is 0 Å². The minimum Gasteiger partial charge on any atom is -0.511 e. The van der Waals surface area contributed by atoms with Gasteiger partial charge in [-0.2, -0.15) is 0 Å². The Morgan fingerprint density at radius 3 is 2.45 bits per heavy atom. The van der Waals surface area contributed by atoms with Crippen LogP contribution in [0, 0.1) is 41.4 Å². The zero-order valence-electron chi connectivity index (χ0n) is 24.6. The average Bonchev–Trinajstić information content (AvgIpc) is 2.79. The van der Waals surface area contributed by atoms with Gasteiger partial charge in [-0.3, -0.25) is 4.79 Å². The molecule has 0 aliphatic heterocycles. The highest BCUT2D eigenvalue weighted by atomic mass is 16.3. The van der Waals surface area contributed by atoms with E-state index in [4.69, 9.17) is 0 Å². The monoisotopic (exact) mass is 512 g/mol. The number of ketones is 1. The smallest absolute Gasteiger partial charge is 0.163 e. The van der Waals surface area contributed by atoms with Gasteiger partial charge in [-0.05, 0) is 96.4 Å². The maximum Gasteiger partial charge on any atom is 0.163 e. The van der Waals surface area contributed by atoms with E-state index >= 15 is 0 Å². The summed E-state index contributed by atoms with van der Waals surface area (Å²) in [6.45, 7) is 25.0. The second-order valence-electron chi connectivity index (χ2n) is 12.7. The number of Topliss-reactive ketones (excluding diaryl/α,β-unsaturated/α-hetero) is 1. The second-order valence-corrected chi connectivity index (χ2v) is 12.7. The molecular formula is C35H44O3. The Balaban J connectivity index is 2.01. The van der Waals surface area contributed by atoms with Crippen molar-refractivity contribution in [3.8, 4) is 11.8 Å². The molecule has 1 aromatic rings. The quantitative estimate of drug-likeness (QED) is 0.319. The van der Waals surface area contributed by atoms with Crippen LogP contribution in [0.5, 0.6) is 0 Å². The summed E-state index contributed by atoms with van der Waals surface area (Å²) in [5.41, 5.74) is 5.24. The molecule has 0 amide bonds. The Bertz CT molecular complexity index is 1370. The van der Waals surface area contributed by atoms with Crippen LogP contribution in [0.25, 0.3) is 5.57 Å². The van der Waals surface area contributed by atoms with Gasteiger partial charge < -0.3 is 10.2 Å². The number of rotatable bonds is 4. The summed E-state index contributed by atoms with van der Waals surface area (Å²) in [6, 6.07) is 4.26. The van der Waals surface area contributed by atoms with Gasteiger partial charge in [0.25, 0.3) is 0 Å². The fourth-order valence-corrected chi connectivity index (χ4v) is 8.40. The summed E-state index contributed by atoms with van der Waals surface area (Å²) in [6.07, 6.45) is 4.50. The Kier molecular flexibility index (Phi) is 6.99. The number of unbranched alkanes of at least 4 members (excludes halogenated alkanes) is 2. The number of carbonyl (C=O) groups is 1. The van der Waals surface area contributed by atoms with E-state index in [0.29, 0.717) is 12.0 Å². The van der Waals surface area contributed by atoms with E-state index in [2.05, 4.69) is 78.7 Å². The number of aliphatic hydroxyl groups is 2. The van der Waals surface area contributed by atoms with Crippen molar-refractivity contribution in [2.75, 3.05) is 0 Å². The van der Waals surface area contributed by atoms with Crippen LogP contribution in [-0.4, -0.2) is 21.6 Å². The maximum atomic E-state index is 12.8. The highest BCUT2D eigenvalue weighted by molar-refractivity contribution is 6.00. The molecule has 3 aliphatic carbocycles. The molecular weight excluding hydrogens is 468 g/mol. The van der Waals surface area contributed by atoms with Gasteiger partial charge in [0.1, 0.15) is 11.4 Å². The number of hydrogen-bond donors (Lipinski definition) is 2. The van der Waals surface area contributed by atoms with E-state index in [-0.39, 0.29) is 28.4 Å². The second kappa shape index (κ2) is 9.42. The molecule has 0 fully saturated rings. The molecule has 4 rings (SSSR count). The predicted molar refractivity (Wildman–Crippen MR) is 157 cm³/mol. The molecule has 202 valence electrons. The minimum atomic E-state index is -1.48. The Labute approximate surface area is 229 Å². The third-order valence-electron chi connectivity index (χ3n) is 9.67. The highest BCUT2D eigenvalue weighted by Gasteiger charge is 2.66. The SMILES string of the molecule is C=C1C2=C(C)[C@]3(O)C(=C)C(C(C)=O)=C(O)[C@@H](C(C)C)[C@]3(C)C[C@]2(C)Cc2c(C#CCCCC)ccc(C)c21. The van der Waals surface area contributed by atoms with Gasteiger partial charge in [0.2, 0.25) is 0 Å². The fourth-order valence-electron chi connectivity index (χ4n) is 8.40. The largest absolute Gasteiger partial charge is 0.511 e. The van der Waals surface area contributed by atoms with Gasteiger partial charge in [0, 0.05) is 23.3 Å². The van der Waals surface area contributed by atoms with Crippen LogP contribution in [0.15, 0.2) is 53.3 Å². The highest BCUT2D eigenvalue weighted by Crippen LogP contribution is 2.68. The van der Waals surface area contributed by atoms with Crippen LogP contribution in [-0.2, 0) is 11.2 Å². The molecule has 2 N–H and O–H groups in total. The molecule has 0 aromatic heterocycles. The predicted octanol–water partition coefficient (Wildman–Crippen LogP) is 7.81. The van der Waals surface area contributed by atoms with E-state index in [1.165, 1.54) is 12.5 Å². The number of carbonyl (C=O) groups excluding carboxylic acids is 1. The van der Waals surface area contributed by atoms with Crippen molar-refractivity contribution in [2.24, 2.45) is 22.7 Å². The standard InChI is InChI=1S/C35H44O3/c1-11-12-13-14-15-26-17-16-21(4)28-22(5)31-24(7)35(38)23(6)29(25(8)36)32(37)30(20(2)3)34(35,10)19-33(31,9)18-27(26)28/h16-17,20,30,37-38H,5-6,11-13,18-19H2,1-4,7-10H3/t30-,33+,34+,35-/m1/s1. The zero-order valence-corrected chi connectivity index (χ0v) is 24.6. The molecule has 4 atom stereocenters. The van der Waals surface area contributed by atoms with Gasteiger partial charge >= 0.3 is 0 Å². The van der Waals surface area contributed by atoms with Crippen LogP contribution in [0.1, 0.15) is 96.4 Å². The summed E-state index contributed by atoms with van der Waals surface area (Å²) in [7, 11) is 0. The van der Waals surface area contributed by atoms with Gasteiger partial charge in [0.05, 0.1) is 5.57 Å². The molecule has 0 saturated heterocycles. The van der Waals surface area contributed by atoms with Crippen LogP contribution >= 0.6 is 0 Å². The molecule has 1 aromatic carbocycles. The minimum absolute atomic E-state index is 0.00763. The van der Waals surface area contributed by atoms with E-state index in [0.717, 1.165) is 59.1 Å². The third kappa shape index (κ3) is 3.71. The van der Waals surface area contributed by atoms with Gasteiger partial charge in [-0.25, -0.2) is 0 Å². The first-order valence-electron chi connectivity index (χ1n) is 14.1. The van der Waals surface area contributed by atoms with E-state index < -0.39 is 16.9 Å². The summed E-state index contributed by atoms with van der Waals surface area (Å²) in [5.74, 6) is 6.24. The summed E-state index contributed by atoms with van der Waals surface area (Å²) < 4.78 is 0. The molecule has 0 radical (unpaired) electrons. The number of allylic oxidation sites excluding steroid dienone is 3. The summed E-state index contributed by atoms with van der Waals surface area (Å²) >= 11 is 0. The van der Waals surface area contributed by atoms with E-state index in [9.17, 15) is 15.0 Å². The van der Waals surface area contributed by atoms with Crippen LogP contribution in [0.3, 0.4) is 0 Å². The number of aryl methyl sites for hydroxylation is 1. The van der Waals surface area contributed by atoms with E-state index in [1.54, 1.807) is 0 Å².